The molecule has 0 bridgehead atoms. The third-order valence-corrected chi connectivity index (χ3v) is 4.82. The topological polar surface area (TPSA) is 107 Å². The van der Waals surface area contributed by atoms with E-state index in [1.165, 1.54) is 13.2 Å². The average molecular weight is 441 g/mol. The maximum absolute atomic E-state index is 12.8. The van der Waals surface area contributed by atoms with E-state index >= 15 is 0 Å². The number of hydrogen-bond donors (Lipinski definition) is 0. The van der Waals surface area contributed by atoms with Crippen molar-refractivity contribution in [2.45, 2.75) is 0 Å². The molecule has 2 heterocycles. The van der Waals surface area contributed by atoms with Gasteiger partial charge in [-0.15, -0.1) is 0 Å². The minimum Gasteiger partial charge on any atom is -0.459 e. The van der Waals surface area contributed by atoms with E-state index < -0.39 is 11.6 Å². The van der Waals surface area contributed by atoms with Crippen LogP contribution in [-0.2, 0) is 14.3 Å². The lowest BCUT2D eigenvalue weighted by atomic mass is 10.1. The molecule has 8 nitrogen and oxygen atoms in total. The first kappa shape index (κ1) is 21.7. The van der Waals surface area contributed by atoms with Crippen LogP contribution in [0.25, 0.3) is 34.0 Å². The number of nitriles is 1. The molecule has 0 aliphatic heterocycles. The standard InChI is InChI=1S/C25H19N3O5/c1-31-11-12-32-24(29)18(15-26)13-19-16-28(20-8-3-2-4-9-20)27-23(19)21-14-17-7-5-6-10-22(17)33-25(21)30/h2-10,13-14,16H,11-12H2,1H3/b18-13-. The van der Waals surface area contributed by atoms with Crippen LogP contribution in [0, 0.1) is 11.3 Å². The second-order valence-electron chi connectivity index (χ2n) is 7.00. The zero-order valence-corrected chi connectivity index (χ0v) is 17.7. The van der Waals surface area contributed by atoms with Gasteiger partial charge in [-0.1, -0.05) is 36.4 Å². The molecule has 4 rings (SSSR count). The molecular formula is C25H19N3O5. The molecule has 8 heteroatoms. The lowest BCUT2D eigenvalue weighted by molar-refractivity contribution is -0.139. The summed E-state index contributed by atoms with van der Waals surface area (Å²) in [5.74, 6) is -0.793. The SMILES string of the molecule is COCCOC(=O)/C(C#N)=C\c1cn(-c2ccccc2)nc1-c1cc2ccccc2oc1=O. The minimum absolute atomic E-state index is 0.0126. The molecule has 0 aliphatic rings. The van der Waals surface area contributed by atoms with E-state index in [2.05, 4.69) is 5.10 Å². The molecule has 0 aliphatic carbocycles. The van der Waals surface area contributed by atoms with Crippen LogP contribution in [0.1, 0.15) is 5.56 Å². The third kappa shape index (κ3) is 4.74. The summed E-state index contributed by atoms with van der Waals surface area (Å²) in [6.45, 7) is 0.221. The molecule has 0 atom stereocenters. The maximum atomic E-state index is 12.8. The maximum Gasteiger partial charge on any atom is 0.348 e. The highest BCUT2D eigenvalue weighted by Gasteiger charge is 2.19. The van der Waals surface area contributed by atoms with Gasteiger partial charge in [0.25, 0.3) is 0 Å². The van der Waals surface area contributed by atoms with E-state index in [4.69, 9.17) is 13.9 Å². The van der Waals surface area contributed by atoms with Crippen molar-refractivity contribution in [3.8, 4) is 23.0 Å². The summed E-state index contributed by atoms with van der Waals surface area (Å²) in [5, 5.41) is 14.8. The number of ether oxygens (including phenoxy) is 2. The van der Waals surface area contributed by atoms with Crippen molar-refractivity contribution in [3.05, 3.63) is 88.4 Å². The van der Waals surface area contributed by atoms with E-state index in [0.717, 1.165) is 11.1 Å². The number of esters is 1. The van der Waals surface area contributed by atoms with Crippen LogP contribution >= 0.6 is 0 Å². The molecule has 0 amide bonds. The molecule has 33 heavy (non-hydrogen) atoms. The molecule has 0 saturated carbocycles. The van der Waals surface area contributed by atoms with Gasteiger partial charge in [0.15, 0.2) is 0 Å². The van der Waals surface area contributed by atoms with Gasteiger partial charge in [-0.05, 0) is 30.3 Å². The molecule has 0 unspecified atom stereocenters. The monoisotopic (exact) mass is 441 g/mol. The number of aromatic nitrogens is 2. The summed E-state index contributed by atoms with van der Waals surface area (Å²) in [6, 6.07) is 19.9. The molecular weight excluding hydrogens is 422 g/mol. The van der Waals surface area contributed by atoms with Crippen LogP contribution in [0.3, 0.4) is 0 Å². The lowest BCUT2D eigenvalue weighted by Crippen LogP contribution is -2.11. The Morgan fingerprint density at radius 2 is 1.91 bits per heavy atom. The van der Waals surface area contributed by atoms with Crippen molar-refractivity contribution in [2.75, 3.05) is 20.3 Å². The Morgan fingerprint density at radius 1 is 1.15 bits per heavy atom. The van der Waals surface area contributed by atoms with Crippen molar-refractivity contribution in [3.63, 3.8) is 0 Å². The first-order valence-corrected chi connectivity index (χ1v) is 10.1. The number of rotatable bonds is 7. The highest BCUT2D eigenvalue weighted by Crippen LogP contribution is 2.26. The number of carbonyl (C=O) groups excluding carboxylic acids is 1. The third-order valence-electron chi connectivity index (χ3n) is 4.82. The van der Waals surface area contributed by atoms with Gasteiger partial charge in [0.1, 0.15) is 29.5 Å². The Morgan fingerprint density at radius 3 is 2.67 bits per heavy atom. The molecule has 0 fully saturated rings. The van der Waals surface area contributed by atoms with Gasteiger partial charge >= 0.3 is 11.6 Å². The second kappa shape index (κ2) is 9.77. The van der Waals surface area contributed by atoms with Gasteiger partial charge in [0.05, 0.1) is 17.9 Å². The van der Waals surface area contributed by atoms with Gasteiger partial charge in [-0.3, -0.25) is 0 Å². The Kier molecular flexibility index (Phi) is 6.43. The predicted molar refractivity (Wildman–Crippen MR) is 121 cm³/mol. The molecule has 4 aromatic rings. The van der Waals surface area contributed by atoms with Crippen molar-refractivity contribution < 1.29 is 18.7 Å². The van der Waals surface area contributed by atoms with Crippen LogP contribution in [0.2, 0.25) is 0 Å². The van der Waals surface area contributed by atoms with Gasteiger partial charge in [-0.25, -0.2) is 14.3 Å². The summed E-state index contributed by atoms with van der Waals surface area (Å²) >= 11 is 0. The van der Waals surface area contributed by atoms with E-state index in [1.54, 1.807) is 29.1 Å². The number of benzene rings is 2. The van der Waals surface area contributed by atoms with Crippen molar-refractivity contribution in [2.24, 2.45) is 0 Å². The van der Waals surface area contributed by atoms with Gasteiger partial charge in [0, 0.05) is 24.3 Å². The molecule has 0 saturated heterocycles. The van der Waals surface area contributed by atoms with Crippen LogP contribution < -0.4 is 5.63 Å². The molecule has 2 aromatic heterocycles. The number of fused-ring (bicyclic) bond motifs is 1. The van der Waals surface area contributed by atoms with Crippen LogP contribution in [0.5, 0.6) is 0 Å². The minimum atomic E-state index is -0.793. The fourth-order valence-corrected chi connectivity index (χ4v) is 3.23. The first-order valence-electron chi connectivity index (χ1n) is 10.1. The average Bonchev–Trinajstić information content (AvgIpc) is 3.26. The Hall–Kier alpha value is -4.48. The Labute approximate surface area is 188 Å². The molecule has 2 aromatic carbocycles. The summed E-state index contributed by atoms with van der Waals surface area (Å²) in [5.41, 5.74) is 1.25. The summed E-state index contributed by atoms with van der Waals surface area (Å²) in [7, 11) is 1.48. The van der Waals surface area contributed by atoms with Crippen molar-refractivity contribution in [1.29, 1.82) is 5.26 Å². The lowest BCUT2D eigenvalue weighted by Gasteiger charge is -2.03. The van der Waals surface area contributed by atoms with Crippen molar-refractivity contribution in [1.82, 2.24) is 9.78 Å². The number of nitrogens with zero attached hydrogens (tertiary/aromatic N) is 3. The van der Waals surface area contributed by atoms with E-state index in [-0.39, 0.29) is 30.0 Å². The van der Waals surface area contributed by atoms with E-state index in [9.17, 15) is 14.9 Å². The zero-order valence-electron chi connectivity index (χ0n) is 17.7. The quantitative estimate of drug-likeness (QED) is 0.141. The summed E-state index contributed by atoms with van der Waals surface area (Å²) in [4.78, 5) is 25.1. The van der Waals surface area contributed by atoms with Crippen LogP contribution in [0.15, 0.2) is 81.6 Å². The number of methoxy groups -OCH3 is 1. The van der Waals surface area contributed by atoms with Gasteiger partial charge < -0.3 is 13.9 Å². The molecule has 0 spiro atoms. The fourth-order valence-electron chi connectivity index (χ4n) is 3.23. The van der Waals surface area contributed by atoms with Crippen molar-refractivity contribution >= 4 is 23.0 Å². The number of carbonyl (C=O) groups is 1. The number of para-hydroxylation sites is 2. The Balaban J connectivity index is 1.85. The summed E-state index contributed by atoms with van der Waals surface area (Å²) < 4.78 is 17.0. The summed E-state index contributed by atoms with van der Waals surface area (Å²) in [6.07, 6.45) is 2.99. The fraction of sp³-hybridized carbons (Fsp3) is 0.120. The predicted octanol–water partition coefficient (Wildman–Crippen LogP) is 3.74. The van der Waals surface area contributed by atoms with Gasteiger partial charge in [-0.2, -0.15) is 10.4 Å². The van der Waals surface area contributed by atoms with Crippen LogP contribution in [-0.4, -0.2) is 36.1 Å². The van der Waals surface area contributed by atoms with Gasteiger partial charge in [0.2, 0.25) is 0 Å². The van der Waals surface area contributed by atoms with E-state index in [0.29, 0.717) is 11.1 Å². The number of hydrogen-bond acceptors (Lipinski definition) is 7. The van der Waals surface area contributed by atoms with E-state index in [1.807, 2.05) is 48.5 Å². The second-order valence-corrected chi connectivity index (χ2v) is 7.00. The molecule has 0 radical (unpaired) electrons. The zero-order chi connectivity index (χ0) is 23.2. The smallest absolute Gasteiger partial charge is 0.348 e. The van der Waals surface area contributed by atoms with Crippen LogP contribution in [0.4, 0.5) is 0 Å². The highest BCUT2D eigenvalue weighted by atomic mass is 16.6. The highest BCUT2D eigenvalue weighted by molar-refractivity contribution is 5.99. The largest absolute Gasteiger partial charge is 0.459 e. The molecule has 0 N–H and O–H groups in total. The normalized spacial score (nSPS) is 11.3. The first-order chi connectivity index (χ1) is 16.1. The molecule has 164 valence electrons. The Bertz CT molecular complexity index is 1430.